The molecule has 29 heavy (non-hydrogen) atoms. The Morgan fingerprint density at radius 3 is 2.41 bits per heavy atom. The lowest BCUT2D eigenvalue weighted by Gasteiger charge is -2.25. The predicted octanol–water partition coefficient (Wildman–Crippen LogP) is 4.86. The van der Waals surface area contributed by atoms with Crippen molar-refractivity contribution >= 4 is 27.6 Å². The molecule has 0 N–H and O–H groups in total. The molecule has 2 heterocycles. The normalized spacial score (nSPS) is 14.8. The van der Waals surface area contributed by atoms with Crippen molar-refractivity contribution in [2.75, 3.05) is 18.1 Å². The molecular formula is C24H26NO3S+. The van der Waals surface area contributed by atoms with Gasteiger partial charge in [-0.05, 0) is 62.6 Å². The van der Waals surface area contributed by atoms with Crippen LogP contribution in [0.4, 0.5) is 0 Å². The highest BCUT2D eigenvalue weighted by Crippen LogP contribution is 2.34. The first kappa shape index (κ1) is 19.8. The molecule has 0 radical (unpaired) electrons. The number of carbonyl (C=O) groups excluding carboxylic acids is 1. The molecule has 0 atom stereocenters. The molecule has 3 aromatic rings. The molecule has 5 heteroatoms. The van der Waals surface area contributed by atoms with Crippen LogP contribution in [0.25, 0.3) is 10.8 Å². The number of carbonyl (C=O) groups is 1. The van der Waals surface area contributed by atoms with Crippen molar-refractivity contribution in [3.05, 3.63) is 66.5 Å². The maximum Gasteiger partial charge on any atom is 0.345 e. The zero-order valence-corrected chi connectivity index (χ0v) is 17.7. The van der Waals surface area contributed by atoms with Crippen molar-refractivity contribution in [2.24, 2.45) is 0 Å². The van der Waals surface area contributed by atoms with Crippen molar-refractivity contribution in [3.8, 4) is 5.75 Å². The molecule has 1 aliphatic heterocycles. The number of nitrogens with zero attached hydrogens (tertiary/aromatic N) is 1. The van der Waals surface area contributed by atoms with Gasteiger partial charge in [-0.1, -0.05) is 18.2 Å². The number of hydrogen-bond donors (Lipinski definition) is 0. The molecule has 0 amide bonds. The van der Waals surface area contributed by atoms with E-state index in [0.717, 1.165) is 16.7 Å². The minimum Gasteiger partial charge on any atom is -0.481 e. The molecule has 2 aromatic carbocycles. The van der Waals surface area contributed by atoms with E-state index in [0.29, 0.717) is 10.9 Å². The summed E-state index contributed by atoms with van der Waals surface area (Å²) >= 11 is 0. The van der Waals surface area contributed by atoms with E-state index in [1.54, 1.807) is 12.4 Å². The monoisotopic (exact) mass is 408 g/mol. The number of aromatic nitrogens is 1. The Balaban J connectivity index is 1.48. The van der Waals surface area contributed by atoms with Gasteiger partial charge in [-0.2, -0.15) is 0 Å². The lowest BCUT2D eigenvalue weighted by Crippen LogP contribution is -2.28. The highest BCUT2D eigenvalue weighted by molar-refractivity contribution is 7.97. The number of hydrogen-bond acceptors (Lipinski definition) is 4. The van der Waals surface area contributed by atoms with E-state index in [1.165, 1.54) is 34.6 Å². The fraction of sp³-hybridized carbons (Fsp3) is 0.333. The first-order chi connectivity index (χ1) is 14.0. The summed E-state index contributed by atoms with van der Waals surface area (Å²) in [5.41, 5.74) is 0.159. The Morgan fingerprint density at radius 2 is 1.69 bits per heavy atom. The molecule has 150 valence electrons. The lowest BCUT2D eigenvalue weighted by molar-refractivity contribution is -0.159. The molecule has 0 saturated carbocycles. The lowest BCUT2D eigenvalue weighted by atomic mass is 9.99. The molecule has 1 aromatic heterocycles. The molecule has 0 aliphatic carbocycles. The van der Waals surface area contributed by atoms with E-state index < -0.39 is 11.6 Å². The Labute approximate surface area is 174 Å². The topological polar surface area (TPSA) is 48.4 Å². The van der Waals surface area contributed by atoms with Crippen molar-refractivity contribution in [2.45, 2.75) is 37.2 Å². The largest absolute Gasteiger partial charge is 0.481 e. The summed E-state index contributed by atoms with van der Waals surface area (Å²) in [5, 5.41) is 2.30. The highest BCUT2D eigenvalue weighted by Gasteiger charge is 2.29. The van der Waals surface area contributed by atoms with Gasteiger partial charge in [0.25, 0.3) is 0 Å². The van der Waals surface area contributed by atoms with Gasteiger partial charge in [0.2, 0.25) is 0 Å². The van der Waals surface area contributed by atoms with Crippen LogP contribution in [0.3, 0.4) is 0 Å². The quantitative estimate of drug-likeness (QED) is 0.432. The van der Waals surface area contributed by atoms with Crippen molar-refractivity contribution in [3.63, 3.8) is 0 Å². The summed E-state index contributed by atoms with van der Waals surface area (Å²) in [7, 11) is 0.327. The van der Waals surface area contributed by atoms with E-state index in [9.17, 15) is 4.79 Å². The summed E-state index contributed by atoms with van der Waals surface area (Å²) in [6.07, 6.45) is 6.02. The third-order valence-electron chi connectivity index (χ3n) is 5.28. The van der Waals surface area contributed by atoms with E-state index in [4.69, 9.17) is 9.47 Å². The second-order valence-corrected chi connectivity index (χ2v) is 9.97. The first-order valence-electron chi connectivity index (χ1n) is 9.99. The van der Waals surface area contributed by atoms with Crippen LogP contribution in [-0.2, 0) is 26.0 Å². The molecule has 1 aliphatic rings. The van der Waals surface area contributed by atoms with Gasteiger partial charge < -0.3 is 9.47 Å². The molecular weight excluding hydrogens is 382 g/mol. The summed E-state index contributed by atoms with van der Waals surface area (Å²) in [5.74, 6) is 2.89. The van der Waals surface area contributed by atoms with E-state index in [-0.39, 0.29) is 6.61 Å². The number of pyridine rings is 1. The maximum absolute atomic E-state index is 12.5. The average Bonchev–Trinajstić information content (AvgIpc) is 3.27. The Morgan fingerprint density at radius 1 is 1.00 bits per heavy atom. The zero-order chi connectivity index (χ0) is 20.3. The van der Waals surface area contributed by atoms with Crippen LogP contribution in [-0.4, -0.2) is 29.1 Å². The summed E-state index contributed by atoms with van der Waals surface area (Å²) in [6.45, 7) is 3.61. The highest BCUT2D eigenvalue weighted by atomic mass is 32.2. The average molecular weight is 409 g/mol. The second kappa shape index (κ2) is 8.46. The van der Waals surface area contributed by atoms with E-state index >= 15 is 0 Å². The molecule has 4 nitrogen and oxygen atoms in total. The van der Waals surface area contributed by atoms with Gasteiger partial charge in [-0.3, -0.25) is 4.98 Å². The standard InChI is InChI=1S/C24H26NO3S/c1-24(2,18-11-13-25-14-12-18)28-23(26)17-27-21-9-10-22(29-15-5-6-16-29)20-8-4-3-7-19(20)21/h3-4,7-14H,5-6,15-17H2,1-2H3/q+1. The van der Waals surface area contributed by atoms with Crippen molar-refractivity contribution in [1.29, 1.82) is 0 Å². The van der Waals surface area contributed by atoms with Crippen LogP contribution >= 0.6 is 0 Å². The van der Waals surface area contributed by atoms with Gasteiger partial charge >= 0.3 is 5.97 Å². The second-order valence-electron chi connectivity index (χ2n) is 7.72. The van der Waals surface area contributed by atoms with Crippen LogP contribution in [0.5, 0.6) is 5.75 Å². The van der Waals surface area contributed by atoms with Gasteiger partial charge in [0, 0.05) is 34.1 Å². The number of benzene rings is 2. The fourth-order valence-electron chi connectivity index (χ4n) is 3.76. The van der Waals surface area contributed by atoms with Gasteiger partial charge in [0.1, 0.15) is 22.9 Å². The summed E-state index contributed by atoms with van der Waals surface area (Å²) in [4.78, 5) is 17.9. The Bertz CT molecular complexity index is 997. The number of rotatable bonds is 6. The first-order valence-corrected chi connectivity index (χ1v) is 11.6. The molecule has 1 fully saturated rings. The molecule has 0 spiro atoms. The van der Waals surface area contributed by atoms with Gasteiger partial charge in [-0.15, -0.1) is 0 Å². The van der Waals surface area contributed by atoms with Gasteiger partial charge in [0.05, 0.1) is 0 Å². The molecule has 0 bridgehead atoms. The third-order valence-corrected chi connectivity index (χ3v) is 7.82. The predicted molar refractivity (Wildman–Crippen MR) is 117 cm³/mol. The van der Waals surface area contributed by atoms with Gasteiger partial charge in [0.15, 0.2) is 11.5 Å². The van der Waals surface area contributed by atoms with Crippen LogP contribution in [0.15, 0.2) is 65.8 Å². The Kier molecular flexibility index (Phi) is 5.76. The number of fused-ring (bicyclic) bond motifs is 1. The minimum atomic E-state index is -0.737. The zero-order valence-electron chi connectivity index (χ0n) is 16.9. The Hall–Kier alpha value is -2.53. The number of esters is 1. The minimum absolute atomic E-state index is 0.121. The van der Waals surface area contributed by atoms with E-state index in [2.05, 4.69) is 29.2 Å². The number of ether oxygens (including phenoxy) is 2. The maximum atomic E-state index is 12.5. The fourth-order valence-corrected chi connectivity index (χ4v) is 6.26. The SMILES string of the molecule is CC(C)(OC(=O)COc1ccc([S+]2CCCC2)c2ccccc12)c1ccncc1. The van der Waals surface area contributed by atoms with E-state index in [1.807, 2.05) is 38.1 Å². The van der Waals surface area contributed by atoms with Crippen LogP contribution in [0, 0.1) is 0 Å². The van der Waals surface area contributed by atoms with Crippen LogP contribution in [0.2, 0.25) is 0 Å². The van der Waals surface area contributed by atoms with Crippen LogP contribution in [0.1, 0.15) is 32.3 Å². The van der Waals surface area contributed by atoms with Crippen molar-refractivity contribution < 1.29 is 14.3 Å². The van der Waals surface area contributed by atoms with Gasteiger partial charge in [-0.25, -0.2) is 4.79 Å². The molecule has 0 unspecified atom stereocenters. The smallest absolute Gasteiger partial charge is 0.345 e. The molecule has 4 rings (SSSR count). The summed E-state index contributed by atoms with van der Waals surface area (Å²) in [6, 6.07) is 16.2. The van der Waals surface area contributed by atoms with Crippen molar-refractivity contribution in [1.82, 2.24) is 4.98 Å². The summed E-state index contributed by atoms with van der Waals surface area (Å²) < 4.78 is 11.6. The van der Waals surface area contributed by atoms with Crippen LogP contribution < -0.4 is 4.74 Å². The molecule has 1 saturated heterocycles. The third kappa shape index (κ3) is 4.40.